The van der Waals surface area contributed by atoms with Crippen LogP contribution >= 0.6 is 0 Å². The van der Waals surface area contributed by atoms with E-state index in [4.69, 9.17) is 4.74 Å². The molecular formula is C12H14FNO2. The third-order valence-corrected chi connectivity index (χ3v) is 2.62. The van der Waals surface area contributed by atoms with Crippen molar-refractivity contribution in [1.29, 1.82) is 0 Å². The first kappa shape index (κ1) is 10.9. The monoisotopic (exact) mass is 223 g/mol. The van der Waals surface area contributed by atoms with Crippen LogP contribution in [0.25, 0.3) is 0 Å². The maximum Gasteiger partial charge on any atom is 0.412 e. The molecule has 1 atom stereocenters. The fourth-order valence-electron chi connectivity index (χ4n) is 1.73. The number of carbonyl (C=O) groups is 1. The van der Waals surface area contributed by atoms with Crippen molar-refractivity contribution >= 4 is 6.09 Å². The summed E-state index contributed by atoms with van der Waals surface area (Å²) in [5.74, 6) is 0. The predicted octanol–water partition coefficient (Wildman–Crippen LogP) is 2.71. The van der Waals surface area contributed by atoms with Gasteiger partial charge in [0.25, 0.3) is 0 Å². The highest BCUT2D eigenvalue weighted by Crippen LogP contribution is 2.19. The van der Waals surface area contributed by atoms with E-state index in [2.05, 4.69) is 0 Å². The molecule has 0 N–H and O–H groups in total. The number of nitrogens with zero attached hydrogens (tertiary/aromatic N) is 1. The van der Waals surface area contributed by atoms with Crippen LogP contribution < -0.4 is 0 Å². The molecule has 1 unspecified atom stereocenters. The molecule has 3 nitrogen and oxygen atoms in total. The number of amides is 1. The van der Waals surface area contributed by atoms with Crippen molar-refractivity contribution in [3.63, 3.8) is 0 Å². The van der Waals surface area contributed by atoms with Gasteiger partial charge in [0.2, 0.25) is 0 Å². The molecular weight excluding hydrogens is 209 g/mol. The number of hydrogen-bond donors (Lipinski definition) is 0. The molecule has 0 saturated carbocycles. The highest BCUT2D eigenvalue weighted by Gasteiger charge is 2.29. The Hall–Kier alpha value is -1.58. The standard InChI is InChI=1S/C12H14FNO2/c13-11-7-4-8-14(11)12(15)16-9-10-5-2-1-3-6-10/h1-3,5-6,11H,4,7-9H2. The topological polar surface area (TPSA) is 29.5 Å². The lowest BCUT2D eigenvalue weighted by Gasteiger charge is -2.17. The van der Waals surface area contributed by atoms with Gasteiger partial charge in [0.1, 0.15) is 6.61 Å². The van der Waals surface area contributed by atoms with Gasteiger partial charge in [-0.3, -0.25) is 4.90 Å². The largest absolute Gasteiger partial charge is 0.444 e. The van der Waals surface area contributed by atoms with Crippen molar-refractivity contribution < 1.29 is 13.9 Å². The number of rotatable bonds is 2. The third kappa shape index (κ3) is 2.51. The van der Waals surface area contributed by atoms with Crippen LogP contribution in [-0.2, 0) is 11.3 Å². The van der Waals surface area contributed by atoms with Gasteiger partial charge >= 0.3 is 6.09 Å². The van der Waals surface area contributed by atoms with Gasteiger partial charge in [0, 0.05) is 6.54 Å². The Balaban J connectivity index is 1.84. The van der Waals surface area contributed by atoms with E-state index in [0.717, 1.165) is 10.5 Å². The molecule has 0 aliphatic carbocycles. The second-order valence-electron chi connectivity index (χ2n) is 3.81. The molecule has 0 aromatic heterocycles. The van der Waals surface area contributed by atoms with Gasteiger partial charge in [-0.1, -0.05) is 30.3 Å². The van der Waals surface area contributed by atoms with Crippen LogP contribution in [0.1, 0.15) is 18.4 Å². The van der Waals surface area contributed by atoms with Gasteiger partial charge in [0.15, 0.2) is 6.30 Å². The van der Waals surface area contributed by atoms with Gasteiger partial charge in [0.05, 0.1) is 0 Å². The Morgan fingerprint density at radius 1 is 1.44 bits per heavy atom. The fraction of sp³-hybridized carbons (Fsp3) is 0.417. The Kier molecular flexibility index (Phi) is 3.39. The zero-order chi connectivity index (χ0) is 11.4. The number of benzene rings is 1. The van der Waals surface area contributed by atoms with E-state index in [1.165, 1.54) is 0 Å². The summed E-state index contributed by atoms with van der Waals surface area (Å²) in [7, 11) is 0. The van der Waals surface area contributed by atoms with Gasteiger partial charge in [-0.05, 0) is 18.4 Å². The smallest absolute Gasteiger partial charge is 0.412 e. The lowest BCUT2D eigenvalue weighted by Crippen LogP contribution is -2.33. The van der Waals surface area contributed by atoms with Gasteiger partial charge in [-0.25, -0.2) is 9.18 Å². The van der Waals surface area contributed by atoms with Crippen LogP contribution in [0.5, 0.6) is 0 Å². The zero-order valence-corrected chi connectivity index (χ0v) is 8.93. The number of hydrogen-bond acceptors (Lipinski definition) is 2. The zero-order valence-electron chi connectivity index (χ0n) is 8.93. The first-order valence-electron chi connectivity index (χ1n) is 5.39. The molecule has 1 heterocycles. The Morgan fingerprint density at radius 3 is 2.81 bits per heavy atom. The van der Waals surface area contributed by atoms with Crippen molar-refractivity contribution in [2.75, 3.05) is 6.54 Å². The molecule has 86 valence electrons. The van der Waals surface area contributed by atoms with E-state index in [-0.39, 0.29) is 6.61 Å². The van der Waals surface area contributed by atoms with Crippen molar-refractivity contribution in [1.82, 2.24) is 4.90 Å². The first-order valence-corrected chi connectivity index (χ1v) is 5.39. The molecule has 1 saturated heterocycles. The SMILES string of the molecule is O=C(OCc1ccccc1)N1CCCC1F. The van der Waals surface area contributed by atoms with E-state index in [1.54, 1.807) is 0 Å². The molecule has 2 rings (SSSR count). The Morgan fingerprint density at radius 2 is 2.19 bits per heavy atom. The summed E-state index contributed by atoms with van der Waals surface area (Å²) in [5, 5.41) is 0. The molecule has 1 aliphatic heterocycles. The van der Waals surface area contributed by atoms with E-state index in [9.17, 15) is 9.18 Å². The van der Waals surface area contributed by atoms with Crippen LogP contribution in [0.15, 0.2) is 30.3 Å². The van der Waals surface area contributed by atoms with Crippen molar-refractivity contribution in [2.24, 2.45) is 0 Å². The van der Waals surface area contributed by atoms with Crippen LogP contribution in [0.3, 0.4) is 0 Å². The number of carbonyl (C=O) groups excluding carboxylic acids is 1. The summed E-state index contributed by atoms with van der Waals surface area (Å²) in [6, 6.07) is 9.37. The van der Waals surface area contributed by atoms with E-state index >= 15 is 0 Å². The molecule has 1 aromatic rings. The molecule has 1 fully saturated rings. The average molecular weight is 223 g/mol. The molecule has 0 spiro atoms. The summed E-state index contributed by atoms with van der Waals surface area (Å²) in [6.45, 7) is 0.650. The molecule has 0 radical (unpaired) electrons. The van der Waals surface area contributed by atoms with Gasteiger partial charge in [-0.15, -0.1) is 0 Å². The van der Waals surface area contributed by atoms with Crippen molar-refractivity contribution in [3.05, 3.63) is 35.9 Å². The lowest BCUT2D eigenvalue weighted by molar-refractivity contribution is 0.0641. The van der Waals surface area contributed by atoms with E-state index in [1.807, 2.05) is 30.3 Å². The molecule has 1 aromatic carbocycles. The second kappa shape index (κ2) is 4.96. The minimum Gasteiger partial charge on any atom is -0.444 e. The van der Waals surface area contributed by atoms with Gasteiger partial charge < -0.3 is 4.74 Å². The summed E-state index contributed by atoms with van der Waals surface area (Å²) in [4.78, 5) is 12.6. The Bertz CT molecular complexity index is 355. The highest BCUT2D eigenvalue weighted by molar-refractivity contribution is 5.68. The third-order valence-electron chi connectivity index (χ3n) is 2.62. The quantitative estimate of drug-likeness (QED) is 0.721. The second-order valence-corrected chi connectivity index (χ2v) is 3.81. The fourth-order valence-corrected chi connectivity index (χ4v) is 1.73. The summed E-state index contributed by atoms with van der Waals surface area (Å²) < 4.78 is 18.2. The normalized spacial score (nSPS) is 19.8. The highest BCUT2D eigenvalue weighted by atomic mass is 19.1. The summed E-state index contributed by atoms with van der Waals surface area (Å²) in [5.41, 5.74) is 0.908. The number of likely N-dealkylation sites (tertiary alicyclic amines) is 1. The molecule has 1 aliphatic rings. The van der Waals surface area contributed by atoms with Crippen molar-refractivity contribution in [3.8, 4) is 0 Å². The van der Waals surface area contributed by atoms with Crippen LogP contribution in [0, 0.1) is 0 Å². The van der Waals surface area contributed by atoms with Crippen molar-refractivity contribution in [2.45, 2.75) is 25.7 Å². The number of alkyl halides is 1. The van der Waals surface area contributed by atoms with Gasteiger partial charge in [-0.2, -0.15) is 0 Å². The lowest BCUT2D eigenvalue weighted by atomic mass is 10.2. The van der Waals surface area contributed by atoms with E-state index < -0.39 is 12.4 Å². The minimum atomic E-state index is -1.18. The molecule has 1 amide bonds. The van der Waals surface area contributed by atoms with E-state index in [0.29, 0.717) is 19.4 Å². The molecule has 16 heavy (non-hydrogen) atoms. The van der Waals surface area contributed by atoms with Crippen LogP contribution in [-0.4, -0.2) is 23.8 Å². The maximum atomic E-state index is 13.2. The maximum absolute atomic E-state index is 13.2. The summed E-state index contributed by atoms with van der Waals surface area (Å²) >= 11 is 0. The number of ether oxygens (including phenoxy) is 1. The summed E-state index contributed by atoms with van der Waals surface area (Å²) in [6.07, 6.45) is -0.612. The predicted molar refractivity (Wildman–Crippen MR) is 57.5 cm³/mol. The van der Waals surface area contributed by atoms with Crippen LogP contribution in [0.4, 0.5) is 9.18 Å². The minimum absolute atomic E-state index is 0.197. The number of halogens is 1. The Labute approximate surface area is 93.8 Å². The first-order chi connectivity index (χ1) is 7.77. The molecule has 0 bridgehead atoms. The average Bonchev–Trinajstić information content (AvgIpc) is 2.74. The van der Waals surface area contributed by atoms with Crippen LogP contribution in [0.2, 0.25) is 0 Å². The molecule has 4 heteroatoms.